The van der Waals surface area contributed by atoms with Crippen LogP contribution in [0, 0.1) is 0 Å². The summed E-state index contributed by atoms with van der Waals surface area (Å²) in [4.78, 5) is 28.0. The maximum atomic E-state index is 12.8. The molecule has 0 spiro atoms. The zero-order chi connectivity index (χ0) is 18.3. The molecular formula is C21H17NO4. The number of allylic oxidation sites excluding steroid dienone is 1. The van der Waals surface area contributed by atoms with Gasteiger partial charge in [0.25, 0.3) is 5.56 Å². The molecule has 0 aliphatic heterocycles. The van der Waals surface area contributed by atoms with Crippen molar-refractivity contribution >= 4 is 22.8 Å². The van der Waals surface area contributed by atoms with Gasteiger partial charge in [0.15, 0.2) is 17.3 Å². The molecule has 1 aliphatic carbocycles. The Labute approximate surface area is 149 Å². The summed E-state index contributed by atoms with van der Waals surface area (Å²) in [5, 5.41) is 0.922. The molecule has 1 heterocycles. The number of carbonyl (C=O) groups is 1. The molecule has 130 valence electrons. The van der Waals surface area contributed by atoms with E-state index < -0.39 is 0 Å². The Balaban J connectivity index is 1.79. The highest BCUT2D eigenvalue weighted by molar-refractivity contribution is 6.16. The minimum atomic E-state index is -0.213. The van der Waals surface area contributed by atoms with Gasteiger partial charge in [-0.2, -0.15) is 0 Å². The zero-order valence-corrected chi connectivity index (χ0v) is 14.5. The molecule has 26 heavy (non-hydrogen) atoms. The van der Waals surface area contributed by atoms with Crippen LogP contribution >= 0.6 is 0 Å². The Bertz CT molecular complexity index is 1120. The minimum Gasteiger partial charge on any atom is -0.493 e. The van der Waals surface area contributed by atoms with Crippen LogP contribution in [0.15, 0.2) is 52.8 Å². The van der Waals surface area contributed by atoms with Crippen LogP contribution in [0.4, 0.5) is 0 Å². The second kappa shape index (κ2) is 6.19. The SMILES string of the molecule is COc1cc2c(cc1OC)C(=O)/C(=C/c1cc3ccccc3[nH]c1=O)C2. The van der Waals surface area contributed by atoms with E-state index in [0.717, 1.165) is 16.5 Å². The van der Waals surface area contributed by atoms with Crippen molar-refractivity contribution in [3.63, 3.8) is 0 Å². The molecular weight excluding hydrogens is 330 g/mol. The van der Waals surface area contributed by atoms with Crippen LogP contribution in [0.5, 0.6) is 11.5 Å². The van der Waals surface area contributed by atoms with Crippen LogP contribution in [-0.4, -0.2) is 25.0 Å². The van der Waals surface area contributed by atoms with E-state index in [1.807, 2.05) is 30.3 Å². The number of ketones is 1. The molecule has 0 radical (unpaired) electrons. The summed E-state index contributed by atoms with van der Waals surface area (Å²) in [5.41, 5.74) is 3.07. The monoisotopic (exact) mass is 347 g/mol. The number of nitrogens with one attached hydrogen (secondary N) is 1. The van der Waals surface area contributed by atoms with E-state index in [4.69, 9.17) is 9.47 Å². The lowest BCUT2D eigenvalue weighted by molar-refractivity contribution is 0.104. The minimum absolute atomic E-state index is 0.0893. The lowest BCUT2D eigenvalue weighted by Gasteiger charge is -2.08. The molecule has 0 unspecified atom stereocenters. The summed E-state index contributed by atoms with van der Waals surface area (Å²) in [5.74, 6) is 1.02. The maximum absolute atomic E-state index is 12.8. The first-order valence-corrected chi connectivity index (χ1v) is 8.23. The van der Waals surface area contributed by atoms with Crippen molar-refractivity contribution in [2.45, 2.75) is 6.42 Å². The quantitative estimate of drug-likeness (QED) is 0.738. The van der Waals surface area contributed by atoms with Gasteiger partial charge in [-0.3, -0.25) is 9.59 Å². The Morgan fingerprint density at radius 3 is 2.50 bits per heavy atom. The first kappa shape index (κ1) is 16.1. The molecule has 3 aromatic rings. The molecule has 0 fully saturated rings. The van der Waals surface area contributed by atoms with E-state index >= 15 is 0 Å². The predicted octanol–water partition coefficient (Wildman–Crippen LogP) is 3.37. The summed E-state index contributed by atoms with van der Waals surface area (Å²) in [6.45, 7) is 0. The zero-order valence-electron chi connectivity index (χ0n) is 14.5. The molecule has 0 bridgehead atoms. The number of fused-ring (bicyclic) bond motifs is 2. The molecule has 0 saturated carbocycles. The third-order valence-electron chi connectivity index (χ3n) is 4.64. The molecule has 1 aromatic heterocycles. The van der Waals surface area contributed by atoms with Crippen LogP contribution in [0.1, 0.15) is 21.5 Å². The number of rotatable bonds is 3. The van der Waals surface area contributed by atoms with Gasteiger partial charge in [-0.1, -0.05) is 18.2 Å². The number of hydrogen-bond donors (Lipinski definition) is 1. The van der Waals surface area contributed by atoms with E-state index in [9.17, 15) is 9.59 Å². The van der Waals surface area contributed by atoms with Crippen molar-refractivity contribution in [2.24, 2.45) is 0 Å². The van der Waals surface area contributed by atoms with Crippen LogP contribution in [0.2, 0.25) is 0 Å². The normalized spacial score (nSPS) is 14.7. The Morgan fingerprint density at radius 1 is 1.00 bits per heavy atom. The highest BCUT2D eigenvalue weighted by Gasteiger charge is 2.27. The van der Waals surface area contributed by atoms with Crippen molar-refractivity contribution in [2.75, 3.05) is 14.2 Å². The summed E-state index contributed by atoms with van der Waals surface area (Å²) in [6.07, 6.45) is 2.13. The Kier molecular flexibility index (Phi) is 3.84. The second-order valence-corrected chi connectivity index (χ2v) is 6.18. The van der Waals surface area contributed by atoms with Gasteiger partial charge < -0.3 is 14.5 Å². The van der Waals surface area contributed by atoms with Crippen LogP contribution in [0.25, 0.3) is 17.0 Å². The van der Waals surface area contributed by atoms with E-state index in [2.05, 4.69) is 4.98 Å². The number of aromatic nitrogens is 1. The average molecular weight is 347 g/mol. The van der Waals surface area contributed by atoms with Gasteiger partial charge in [-0.05, 0) is 41.3 Å². The highest BCUT2D eigenvalue weighted by Crippen LogP contribution is 2.36. The van der Waals surface area contributed by atoms with E-state index in [1.54, 1.807) is 25.3 Å². The van der Waals surface area contributed by atoms with Gasteiger partial charge in [0, 0.05) is 28.6 Å². The number of para-hydroxylation sites is 1. The number of ether oxygens (including phenoxy) is 2. The molecule has 5 heteroatoms. The molecule has 1 N–H and O–H groups in total. The number of benzene rings is 2. The molecule has 4 rings (SSSR count). The van der Waals surface area contributed by atoms with Gasteiger partial charge in [0.1, 0.15) is 0 Å². The number of hydrogen-bond acceptors (Lipinski definition) is 4. The van der Waals surface area contributed by atoms with Crippen molar-refractivity contribution in [1.29, 1.82) is 0 Å². The fourth-order valence-corrected chi connectivity index (χ4v) is 3.31. The third-order valence-corrected chi connectivity index (χ3v) is 4.64. The first-order valence-electron chi connectivity index (χ1n) is 8.23. The smallest absolute Gasteiger partial charge is 0.255 e. The fourth-order valence-electron chi connectivity index (χ4n) is 3.31. The van der Waals surface area contributed by atoms with Crippen LogP contribution in [-0.2, 0) is 6.42 Å². The van der Waals surface area contributed by atoms with Gasteiger partial charge in [0.2, 0.25) is 0 Å². The van der Waals surface area contributed by atoms with Crippen molar-refractivity contribution in [3.8, 4) is 11.5 Å². The van der Waals surface area contributed by atoms with E-state index in [0.29, 0.717) is 34.6 Å². The number of methoxy groups -OCH3 is 2. The first-order chi connectivity index (χ1) is 12.6. The molecule has 5 nitrogen and oxygen atoms in total. The molecule has 2 aromatic carbocycles. The van der Waals surface area contributed by atoms with Gasteiger partial charge in [0.05, 0.1) is 14.2 Å². The number of aromatic amines is 1. The number of Topliss-reactive ketones (excluding diaryl/α,β-unsaturated/α-hetero) is 1. The molecule has 0 saturated heterocycles. The summed E-state index contributed by atoms with van der Waals surface area (Å²) in [7, 11) is 3.10. The Hall–Kier alpha value is -3.34. The van der Waals surface area contributed by atoms with Crippen molar-refractivity contribution < 1.29 is 14.3 Å². The predicted molar refractivity (Wildman–Crippen MR) is 100 cm³/mol. The fraction of sp³-hybridized carbons (Fsp3) is 0.143. The van der Waals surface area contributed by atoms with Gasteiger partial charge >= 0.3 is 0 Å². The molecule has 0 amide bonds. The van der Waals surface area contributed by atoms with Crippen LogP contribution < -0.4 is 15.0 Å². The molecule has 1 aliphatic rings. The summed E-state index contributed by atoms with van der Waals surface area (Å²) < 4.78 is 10.6. The number of pyridine rings is 1. The average Bonchev–Trinajstić information content (AvgIpc) is 2.96. The highest BCUT2D eigenvalue weighted by atomic mass is 16.5. The lowest BCUT2D eigenvalue weighted by Crippen LogP contribution is -2.09. The van der Waals surface area contributed by atoms with Gasteiger partial charge in [-0.15, -0.1) is 0 Å². The lowest BCUT2D eigenvalue weighted by atomic mass is 10.1. The largest absolute Gasteiger partial charge is 0.493 e. The summed E-state index contributed by atoms with van der Waals surface area (Å²) in [6, 6.07) is 12.9. The van der Waals surface area contributed by atoms with Crippen molar-refractivity contribution in [1.82, 2.24) is 4.98 Å². The molecule has 0 atom stereocenters. The number of carbonyl (C=O) groups excluding carboxylic acids is 1. The summed E-state index contributed by atoms with van der Waals surface area (Å²) >= 11 is 0. The number of H-pyrrole nitrogens is 1. The van der Waals surface area contributed by atoms with E-state index in [1.165, 1.54) is 7.11 Å². The van der Waals surface area contributed by atoms with Gasteiger partial charge in [-0.25, -0.2) is 0 Å². The third kappa shape index (κ3) is 2.58. The second-order valence-electron chi connectivity index (χ2n) is 6.18. The topological polar surface area (TPSA) is 68.4 Å². The Morgan fingerprint density at radius 2 is 1.73 bits per heavy atom. The van der Waals surface area contributed by atoms with Crippen molar-refractivity contribution in [3.05, 3.63) is 75.1 Å². The van der Waals surface area contributed by atoms with E-state index in [-0.39, 0.29) is 11.3 Å². The van der Waals surface area contributed by atoms with Crippen LogP contribution in [0.3, 0.4) is 0 Å². The maximum Gasteiger partial charge on any atom is 0.255 e. The standard InChI is InChI=1S/C21H17NO4/c1-25-18-10-13-8-14(20(23)16(13)11-19(18)26-2)9-15-7-12-5-3-4-6-17(12)22-21(15)24/h3-7,9-11H,8H2,1-2H3,(H,22,24)/b14-9+.